The van der Waals surface area contributed by atoms with Crippen LogP contribution in [0.15, 0.2) is 30.6 Å². The van der Waals surface area contributed by atoms with Crippen LogP contribution in [0.1, 0.15) is 30.8 Å². The zero-order valence-electron chi connectivity index (χ0n) is 10.8. The molecule has 0 fully saturated rings. The summed E-state index contributed by atoms with van der Waals surface area (Å²) in [7, 11) is 0. The summed E-state index contributed by atoms with van der Waals surface area (Å²) in [4.78, 5) is 7.19. The number of nitrogens with zero attached hydrogens (tertiary/aromatic N) is 1. The van der Waals surface area contributed by atoms with Gasteiger partial charge in [0.1, 0.15) is 5.82 Å². The average Bonchev–Trinajstić information content (AvgIpc) is 2.91. The molecule has 0 saturated heterocycles. The molecule has 1 aromatic carbocycles. The number of aromatic amines is 1. The second kappa shape index (κ2) is 6.43. The second-order valence-corrected chi connectivity index (χ2v) is 4.42. The Morgan fingerprint density at radius 1 is 1.32 bits per heavy atom. The molecule has 0 amide bonds. The molecule has 3 nitrogen and oxygen atoms in total. The highest BCUT2D eigenvalue weighted by molar-refractivity contribution is 5.22. The van der Waals surface area contributed by atoms with E-state index in [9.17, 15) is 8.78 Å². The molecular weight excluding hydrogens is 248 g/mol. The molecule has 2 aromatic rings. The minimum absolute atomic E-state index is 0.0822. The summed E-state index contributed by atoms with van der Waals surface area (Å²) in [6, 6.07) is 3.93. The van der Waals surface area contributed by atoms with Crippen LogP contribution in [-0.2, 0) is 6.42 Å². The minimum atomic E-state index is -0.823. The summed E-state index contributed by atoms with van der Waals surface area (Å²) >= 11 is 0. The maximum absolute atomic E-state index is 13.3. The summed E-state index contributed by atoms with van der Waals surface area (Å²) in [6.45, 7) is 2.87. The van der Waals surface area contributed by atoms with Gasteiger partial charge < -0.3 is 10.3 Å². The highest BCUT2D eigenvalue weighted by atomic mass is 19.2. The van der Waals surface area contributed by atoms with E-state index in [4.69, 9.17) is 0 Å². The smallest absolute Gasteiger partial charge is 0.159 e. The molecule has 0 radical (unpaired) electrons. The van der Waals surface area contributed by atoms with Crippen LogP contribution in [0, 0.1) is 11.6 Å². The molecular formula is C14H17F2N3. The maximum atomic E-state index is 13.3. The predicted molar refractivity (Wildman–Crippen MR) is 69.7 cm³/mol. The highest BCUT2D eigenvalue weighted by Crippen LogP contribution is 2.19. The van der Waals surface area contributed by atoms with E-state index in [1.165, 1.54) is 6.07 Å². The Kier molecular flexibility index (Phi) is 4.63. The number of imidazole rings is 1. The fourth-order valence-electron chi connectivity index (χ4n) is 1.96. The van der Waals surface area contributed by atoms with E-state index < -0.39 is 11.6 Å². The number of hydrogen-bond donors (Lipinski definition) is 2. The Balaban J connectivity index is 2.18. The predicted octanol–water partition coefficient (Wildman–Crippen LogP) is 2.97. The molecule has 5 heteroatoms. The number of aromatic nitrogens is 2. The van der Waals surface area contributed by atoms with Crippen molar-refractivity contribution in [1.29, 1.82) is 0 Å². The van der Waals surface area contributed by atoms with E-state index in [2.05, 4.69) is 22.2 Å². The molecule has 1 unspecified atom stereocenters. The molecule has 1 atom stereocenters. The van der Waals surface area contributed by atoms with E-state index in [1.54, 1.807) is 18.5 Å². The molecule has 19 heavy (non-hydrogen) atoms. The van der Waals surface area contributed by atoms with Crippen molar-refractivity contribution in [2.24, 2.45) is 0 Å². The van der Waals surface area contributed by atoms with Crippen LogP contribution in [0.5, 0.6) is 0 Å². The van der Waals surface area contributed by atoms with E-state index in [1.807, 2.05) is 0 Å². The van der Waals surface area contributed by atoms with Crippen LogP contribution >= 0.6 is 0 Å². The van der Waals surface area contributed by atoms with Crippen molar-refractivity contribution < 1.29 is 8.78 Å². The Morgan fingerprint density at radius 2 is 2.16 bits per heavy atom. The van der Waals surface area contributed by atoms with E-state index in [0.717, 1.165) is 30.4 Å². The zero-order chi connectivity index (χ0) is 13.7. The molecule has 2 N–H and O–H groups in total. The number of halogens is 2. The van der Waals surface area contributed by atoms with Gasteiger partial charge in [-0.15, -0.1) is 0 Å². The Morgan fingerprint density at radius 3 is 2.79 bits per heavy atom. The Labute approximate surface area is 111 Å². The molecule has 0 aliphatic heterocycles. The second-order valence-electron chi connectivity index (χ2n) is 4.42. The number of nitrogens with one attached hydrogen (secondary N) is 2. The van der Waals surface area contributed by atoms with E-state index in [-0.39, 0.29) is 6.04 Å². The first-order valence-electron chi connectivity index (χ1n) is 6.37. The summed E-state index contributed by atoms with van der Waals surface area (Å²) in [6.07, 6.45) is 5.01. The molecule has 0 aliphatic carbocycles. The molecule has 0 saturated carbocycles. The lowest BCUT2D eigenvalue weighted by molar-refractivity contribution is 0.490. The lowest BCUT2D eigenvalue weighted by atomic mass is 10.0. The van der Waals surface area contributed by atoms with Gasteiger partial charge in [-0.3, -0.25) is 0 Å². The highest BCUT2D eigenvalue weighted by Gasteiger charge is 2.15. The number of rotatable bonds is 6. The van der Waals surface area contributed by atoms with Crippen molar-refractivity contribution in [3.05, 3.63) is 53.6 Å². The van der Waals surface area contributed by atoms with Crippen LogP contribution in [0.4, 0.5) is 8.78 Å². The fraction of sp³-hybridized carbons (Fsp3) is 0.357. The lowest BCUT2D eigenvalue weighted by Gasteiger charge is -2.18. The van der Waals surface area contributed by atoms with Gasteiger partial charge in [-0.05, 0) is 30.7 Å². The zero-order valence-corrected chi connectivity index (χ0v) is 10.8. The maximum Gasteiger partial charge on any atom is 0.159 e. The molecule has 1 aromatic heterocycles. The SMILES string of the molecule is CCCNC(Cc1ncc[nH]1)c1ccc(F)c(F)c1. The van der Waals surface area contributed by atoms with E-state index >= 15 is 0 Å². The summed E-state index contributed by atoms with van der Waals surface area (Å²) in [5.74, 6) is -0.824. The first-order chi connectivity index (χ1) is 9.20. The van der Waals surface area contributed by atoms with Gasteiger partial charge in [0.25, 0.3) is 0 Å². The standard InChI is InChI=1S/C14H17F2N3/c1-2-5-17-13(9-14-18-6-7-19-14)10-3-4-11(15)12(16)8-10/h3-4,6-8,13,17H,2,5,9H2,1H3,(H,18,19). The monoisotopic (exact) mass is 265 g/mol. The van der Waals surface area contributed by atoms with Gasteiger partial charge in [0, 0.05) is 24.9 Å². The van der Waals surface area contributed by atoms with Gasteiger partial charge in [0.05, 0.1) is 0 Å². The third-order valence-corrected chi connectivity index (χ3v) is 2.94. The summed E-state index contributed by atoms with van der Waals surface area (Å²) in [5, 5.41) is 3.32. The minimum Gasteiger partial charge on any atom is -0.349 e. The quantitative estimate of drug-likeness (QED) is 0.843. The van der Waals surface area contributed by atoms with Gasteiger partial charge in [0.2, 0.25) is 0 Å². The van der Waals surface area contributed by atoms with Crippen LogP contribution in [0.25, 0.3) is 0 Å². The van der Waals surface area contributed by atoms with Crippen molar-refractivity contribution in [2.75, 3.05) is 6.54 Å². The fourth-order valence-corrected chi connectivity index (χ4v) is 1.96. The first-order valence-corrected chi connectivity index (χ1v) is 6.37. The van der Waals surface area contributed by atoms with Crippen molar-refractivity contribution in [1.82, 2.24) is 15.3 Å². The number of benzene rings is 1. The van der Waals surface area contributed by atoms with Gasteiger partial charge in [-0.2, -0.15) is 0 Å². The Bertz CT molecular complexity index is 511. The summed E-state index contributed by atoms with van der Waals surface area (Å²) in [5.41, 5.74) is 0.726. The molecule has 0 bridgehead atoms. The van der Waals surface area contributed by atoms with Crippen molar-refractivity contribution >= 4 is 0 Å². The average molecular weight is 265 g/mol. The van der Waals surface area contributed by atoms with Crippen LogP contribution in [0.3, 0.4) is 0 Å². The molecule has 0 aliphatic rings. The van der Waals surface area contributed by atoms with E-state index in [0.29, 0.717) is 6.42 Å². The van der Waals surface area contributed by atoms with Gasteiger partial charge in [-0.1, -0.05) is 13.0 Å². The number of hydrogen-bond acceptors (Lipinski definition) is 2. The summed E-state index contributed by atoms with van der Waals surface area (Å²) < 4.78 is 26.3. The topological polar surface area (TPSA) is 40.7 Å². The Hall–Kier alpha value is -1.75. The molecule has 1 heterocycles. The van der Waals surface area contributed by atoms with Gasteiger partial charge in [0.15, 0.2) is 11.6 Å². The van der Waals surface area contributed by atoms with Crippen LogP contribution < -0.4 is 5.32 Å². The third-order valence-electron chi connectivity index (χ3n) is 2.94. The molecule has 0 spiro atoms. The van der Waals surface area contributed by atoms with Gasteiger partial charge in [-0.25, -0.2) is 13.8 Å². The largest absolute Gasteiger partial charge is 0.349 e. The van der Waals surface area contributed by atoms with Gasteiger partial charge >= 0.3 is 0 Å². The number of H-pyrrole nitrogens is 1. The van der Waals surface area contributed by atoms with Crippen molar-refractivity contribution in [3.8, 4) is 0 Å². The van der Waals surface area contributed by atoms with Crippen LogP contribution in [-0.4, -0.2) is 16.5 Å². The van der Waals surface area contributed by atoms with Crippen molar-refractivity contribution in [2.45, 2.75) is 25.8 Å². The third kappa shape index (κ3) is 3.61. The normalized spacial score (nSPS) is 12.6. The first kappa shape index (κ1) is 13.7. The molecule has 102 valence electrons. The van der Waals surface area contributed by atoms with Crippen LogP contribution in [0.2, 0.25) is 0 Å². The molecule has 2 rings (SSSR count). The van der Waals surface area contributed by atoms with Crippen molar-refractivity contribution in [3.63, 3.8) is 0 Å². The lowest BCUT2D eigenvalue weighted by Crippen LogP contribution is -2.24.